The maximum absolute atomic E-state index is 11.3. The molecule has 4 heteroatoms. The Morgan fingerprint density at radius 3 is 2.85 bits per heavy atom. The molecule has 0 unspecified atom stereocenters. The molecule has 0 amide bonds. The minimum atomic E-state index is 0.482. The number of aldehydes is 1. The van der Waals surface area contributed by atoms with Crippen LogP contribution in [0.3, 0.4) is 0 Å². The quantitative estimate of drug-likeness (QED) is 0.791. The van der Waals surface area contributed by atoms with E-state index in [1.807, 2.05) is 36.4 Å². The molecule has 102 valence electrons. The molecule has 0 fully saturated rings. The lowest BCUT2D eigenvalue weighted by Crippen LogP contribution is -2.26. The molecule has 0 aromatic heterocycles. The lowest BCUT2D eigenvalue weighted by molar-refractivity contribution is 0.112. The van der Waals surface area contributed by atoms with Gasteiger partial charge < -0.3 is 9.64 Å². The first-order valence-electron chi connectivity index (χ1n) is 6.49. The van der Waals surface area contributed by atoms with Gasteiger partial charge in [-0.15, -0.1) is 0 Å². The van der Waals surface area contributed by atoms with Gasteiger partial charge in [-0.1, -0.05) is 35.9 Å². The van der Waals surface area contributed by atoms with Gasteiger partial charge in [-0.05, 0) is 18.2 Å². The van der Waals surface area contributed by atoms with Gasteiger partial charge in [-0.3, -0.25) is 4.79 Å². The van der Waals surface area contributed by atoms with Crippen LogP contribution in [-0.4, -0.2) is 19.4 Å². The van der Waals surface area contributed by atoms with Gasteiger partial charge in [0.1, 0.15) is 12.4 Å². The van der Waals surface area contributed by atoms with Crippen LogP contribution >= 0.6 is 11.6 Å². The predicted molar refractivity (Wildman–Crippen MR) is 79.8 cm³/mol. The van der Waals surface area contributed by atoms with Crippen molar-refractivity contribution in [3.05, 3.63) is 58.6 Å². The molecule has 0 atom stereocenters. The van der Waals surface area contributed by atoms with Gasteiger partial charge in [0, 0.05) is 17.8 Å². The van der Waals surface area contributed by atoms with E-state index >= 15 is 0 Å². The molecular formula is C16H14ClNO2. The van der Waals surface area contributed by atoms with Crippen molar-refractivity contribution in [1.29, 1.82) is 0 Å². The fourth-order valence-corrected chi connectivity index (χ4v) is 2.66. The van der Waals surface area contributed by atoms with Crippen LogP contribution in [-0.2, 0) is 6.54 Å². The third-order valence-electron chi connectivity index (χ3n) is 3.44. The molecular weight excluding hydrogens is 274 g/mol. The first-order chi connectivity index (χ1) is 9.79. The summed E-state index contributed by atoms with van der Waals surface area (Å²) in [5.41, 5.74) is 2.50. The van der Waals surface area contributed by atoms with Gasteiger partial charge in [0.2, 0.25) is 0 Å². The average Bonchev–Trinajstić information content (AvgIpc) is 2.69. The maximum Gasteiger partial charge on any atom is 0.153 e. The summed E-state index contributed by atoms with van der Waals surface area (Å²) in [4.78, 5) is 13.4. The van der Waals surface area contributed by atoms with E-state index in [2.05, 4.69) is 4.90 Å². The number of para-hydroxylation sites is 1. The van der Waals surface area contributed by atoms with Gasteiger partial charge in [-0.25, -0.2) is 0 Å². The van der Waals surface area contributed by atoms with E-state index in [1.165, 1.54) is 0 Å². The van der Waals surface area contributed by atoms with E-state index in [0.29, 0.717) is 23.7 Å². The Hall–Kier alpha value is -2.00. The summed E-state index contributed by atoms with van der Waals surface area (Å²) >= 11 is 6.10. The Morgan fingerprint density at radius 2 is 2.00 bits per heavy atom. The first-order valence-corrected chi connectivity index (χ1v) is 6.87. The van der Waals surface area contributed by atoms with E-state index < -0.39 is 0 Å². The van der Waals surface area contributed by atoms with Gasteiger partial charge in [0.05, 0.1) is 17.1 Å². The number of hydrogen-bond acceptors (Lipinski definition) is 3. The van der Waals surface area contributed by atoms with Crippen LogP contribution in [0.15, 0.2) is 42.5 Å². The average molecular weight is 288 g/mol. The summed E-state index contributed by atoms with van der Waals surface area (Å²) in [5.74, 6) is 0.907. The number of benzene rings is 2. The first kappa shape index (κ1) is 13.0. The standard InChI is InChI=1S/C16H14ClNO2/c17-14-5-3-6-15(13(14)11-19)18-8-9-20-16-7-2-1-4-12(16)10-18/h1-7,11H,8-10H2. The van der Waals surface area contributed by atoms with Crippen LogP contribution < -0.4 is 9.64 Å². The van der Waals surface area contributed by atoms with Crippen molar-refractivity contribution in [2.75, 3.05) is 18.1 Å². The van der Waals surface area contributed by atoms with Gasteiger partial charge in [0.15, 0.2) is 6.29 Å². The predicted octanol–water partition coefficient (Wildman–Crippen LogP) is 3.55. The molecule has 3 rings (SSSR count). The number of nitrogens with zero attached hydrogens (tertiary/aromatic N) is 1. The lowest BCUT2D eigenvalue weighted by Gasteiger charge is -2.24. The van der Waals surface area contributed by atoms with E-state index in [-0.39, 0.29) is 0 Å². The number of hydrogen-bond donors (Lipinski definition) is 0. The van der Waals surface area contributed by atoms with Gasteiger partial charge >= 0.3 is 0 Å². The highest BCUT2D eigenvalue weighted by Crippen LogP contribution is 2.30. The van der Waals surface area contributed by atoms with Crippen LogP contribution in [0, 0.1) is 0 Å². The second kappa shape index (κ2) is 5.55. The van der Waals surface area contributed by atoms with Crippen molar-refractivity contribution >= 4 is 23.6 Å². The van der Waals surface area contributed by atoms with Crippen LogP contribution in [0.5, 0.6) is 5.75 Å². The minimum Gasteiger partial charge on any atom is -0.491 e. The van der Waals surface area contributed by atoms with Crippen molar-refractivity contribution in [3.8, 4) is 5.75 Å². The smallest absolute Gasteiger partial charge is 0.153 e. The topological polar surface area (TPSA) is 29.5 Å². The fourth-order valence-electron chi connectivity index (χ4n) is 2.45. The Labute approximate surface area is 122 Å². The minimum absolute atomic E-state index is 0.482. The number of halogens is 1. The van der Waals surface area contributed by atoms with Crippen molar-refractivity contribution < 1.29 is 9.53 Å². The van der Waals surface area contributed by atoms with E-state index in [0.717, 1.165) is 29.8 Å². The normalized spacial score (nSPS) is 14.2. The molecule has 0 spiro atoms. The Morgan fingerprint density at radius 1 is 1.15 bits per heavy atom. The lowest BCUT2D eigenvalue weighted by atomic mass is 10.1. The van der Waals surface area contributed by atoms with E-state index in [4.69, 9.17) is 16.3 Å². The summed E-state index contributed by atoms with van der Waals surface area (Å²) in [6.07, 6.45) is 0.815. The monoisotopic (exact) mass is 287 g/mol. The fraction of sp³-hybridized carbons (Fsp3) is 0.188. The Kier molecular flexibility index (Phi) is 3.61. The Bertz CT molecular complexity index is 642. The molecule has 20 heavy (non-hydrogen) atoms. The van der Waals surface area contributed by atoms with E-state index in [1.54, 1.807) is 6.07 Å². The number of fused-ring (bicyclic) bond motifs is 1. The Balaban J connectivity index is 2.00. The molecule has 0 radical (unpaired) electrons. The molecule has 1 aliphatic rings. The zero-order chi connectivity index (χ0) is 13.9. The molecule has 2 aromatic rings. The number of rotatable bonds is 2. The molecule has 2 aromatic carbocycles. The number of carbonyl (C=O) groups is 1. The summed E-state index contributed by atoms with van der Waals surface area (Å²) in [7, 11) is 0. The molecule has 0 saturated carbocycles. The third-order valence-corrected chi connectivity index (χ3v) is 3.77. The second-order valence-electron chi connectivity index (χ2n) is 4.67. The van der Waals surface area contributed by atoms with Gasteiger partial charge in [-0.2, -0.15) is 0 Å². The second-order valence-corrected chi connectivity index (χ2v) is 5.08. The van der Waals surface area contributed by atoms with Crippen LogP contribution in [0.2, 0.25) is 5.02 Å². The molecule has 1 aliphatic heterocycles. The number of anilines is 1. The highest BCUT2D eigenvalue weighted by Gasteiger charge is 2.18. The van der Waals surface area contributed by atoms with Crippen molar-refractivity contribution in [2.45, 2.75) is 6.54 Å². The largest absolute Gasteiger partial charge is 0.491 e. The summed E-state index contributed by atoms with van der Waals surface area (Å²) < 4.78 is 5.74. The number of ether oxygens (including phenoxy) is 1. The highest BCUT2D eigenvalue weighted by molar-refractivity contribution is 6.33. The summed E-state index contributed by atoms with van der Waals surface area (Å²) in [5, 5.41) is 0.482. The summed E-state index contributed by atoms with van der Waals surface area (Å²) in [6, 6.07) is 13.5. The van der Waals surface area contributed by atoms with Crippen LogP contribution in [0.25, 0.3) is 0 Å². The maximum atomic E-state index is 11.3. The van der Waals surface area contributed by atoms with Crippen LogP contribution in [0.4, 0.5) is 5.69 Å². The molecule has 0 aliphatic carbocycles. The molecule has 0 N–H and O–H groups in total. The zero-order valence-corrected chi connectivity index (χ0v) is 11.6. The molecule has 0 saturated heterocycles. The SMILES string of the molecule is O=Cc1c(Cl)cccc1N1CCOc2ccccc2C1. The van der Waals surface area contributed by atoms with Crippen molar-refractivity contribution in [3.63, 3.8) is 0 Å². The highest BCUT2D eigenvalue weighted by atomic mass is 35.5. The van der Waals surface area contributed by atoms with Gasteiger partial charge in [0.25, 0.3) is 0 Å². The molecule has 1 heterocycles. The summed E-state index contributed by atoms with van der Waals surface area (Å²) in [6.45, 7) is 2.01. The molecule has 0 bridgehead atoms. The zero-order valence-electron chi connectivity index (χ0n) is 10.9. The molecule has 3 nitrogen and oxygen atoms in total. The van der Waals surface area contributed by atoms with E-state index in [9.17, 15) is 4.79 Å². The number of carbonyl (C=O) groups excluding carboxylic acids is 1. The third kappa shape index (κ3) is 2.37. The van der Waals surface area contributed by atoms with Crippen molar-refractivity contribution in [1.82, 2.24) is 0 Å². The van der Waals surface area contributed by atoms with Crippen molar-refractivity contribution in [2.24, 2.45) is 0 Å². The van der Waals surface area contributed by atoms with Crippen LogP contribution in [0.1, 0.15) is 15.9 Å².